The smallest absolute Gasteiger partial charge is 0.489 e. The minimum Gasteiger partial charge on any atom is -0.489 e. The predicted molar refractivity (Wildman–Crippen MR) is 95.7 cm³/mol. The SMILES string of the molecule is O=C(CCNCc1ccc(OCc2ccc(Cl)cc2)cc1)OC(=O)C(F)(F)F. The molecule has 0 heterocycles. The molecule has 0 fully saturated rings. The molecule has 0 aliphatic heterocycles. The van der Waals surface area contributed by atoms with Crippen molar-refractivity contribution in [3.63, 3.8) is 0 Å². The molecule has 0 saturated carbocycles. The van der Waals surface area contributed by atoms with E-state index in [1.54, 1.807) is 24.3 Å². The van der Waals surface area contributed by atoms with Gasteiger partial charge in [0, 0.05) is 18.1 Å². The van der Waals surface area contributed by atoms with Gasteiger partial charge in [-0.1, -0.05) is 35.9 Å². The molecule has 28 heavy (non-hydrogen) atoms. The molecule has 9 heteroatoms. The van der Waals surface area contributed by atoms with Crippen LogP contribution in [0.15, 0.2) is 48.5 Å². The summed E-state index contributed by atoms with van der Waals surface area (Å²) in [4.78, 5) is 21.7. The summed E-state index contributed by atoms with van der Waals surface area (Å²) >= 11 is 5.82. The largest absolute Gasteiger partial charge is 0.491 e. The van der Waals surface area contributed by atoms with Crippen LogP contribution in [0.4, 0.5) is 13.2 Å². The Kier molecular flexibility index (Phi) is 7.83. The monoisotopic (exact) mass is 415 g/mol. The van der Waals surface area contributed by atoms with Gasteiger partial charge in [0.25, 0.3) is 0 Å². The third-order valence-electron chi connectivity index (χ3n) is 3.52. The summed E-state index contributed by atoms with van der Waals surface area (Å²) in [5, 5.41) is 3.53. The van der Waals surface area contributed by atoms with E-state index in [4.69, 9.17) is 16.3 Å². The number of ether oxygens (including phenoxy) is 2. The molecule has 0 saturated heterocycles. The highest BCUT2D eigenvalue weighted by Gasteiger charge is 2.42. The van der Waals surface area contributed by atoms with E-state index >= 15 is 0 Å². The van der Waals surface area contributed by atoms with Gasteiger partial charge in [0.2, 0.25) is 0 Å². The first-order valence-electron chi connectivity index (χ1n) is 8.23. The van der Waals surface area contributed by atoms with Crippen molar-refractivity contribution in [3.05, 3.63) is 64.7 Å². The summed E-state index contributed by atoms with van der Waals surface area (Å²) in [5.74, 6) is -3.07. The van der Waals surface area contributed by atoms with Crippen LogP contribution >= 0.6 is 11.6 Å². The zero-order valence-corrected chi connectivity index (χ0v) is 15.3. The average Bonchev–Trinajstić information content (AvgIpc) is 2.65. The average molecular weight is 416 g/mol. The Morgan fingerprint density at radius 1 is 0.964 bits per heavy atom. The summed E-state index contributed by atoms with van der Waals surface area (Å²) < 4.78 is 45.2. The molecular weight excluding hydrogens is 399 g/mol. The van der Waals surface area contributed by atoms with Crippen LogP contribution in [0.1, 0.15) is 17.5 Å². The Hall–Kier alpha value is -2.58. The number of alkyl halides is 3. The zero-order valence-electron chi connectivity index (χ0n) is 14.6. The first kappa shape index (κ1) is 21.7. The normalized spacial score (nSPS) is 11.1. The van der Waals surface area contributed by atoms with E-state index in [9.17, 15) is 22.8 Å². The lowest BCUT2D eigenvalue weighted by atomic mass is 10.2. The predicted octanol–water partition coefficient (Wildman–Crippen LogP) is 4.03. The van der Waals surface area contributed by atoms with Gasteiger partial charge in [-0.05, 0) is 35.4 Å². The highest BCUT2D eigenvalue weighted by atomic mass is 35.5. The Labute approximate surface area is 164 Å². The van der Waals surface area contributed by atoms with E-state index in [2.05, 4.69) is 10.1 Å². The van der Waals surface area contributed by atoms with Crippen molar-refractivity contribution in [2.75, 3.05) is 6.54 Å². The van der Waals surface area contributed by atoms with Crippen LogP contribution in [0, 0.1) is 0 Å². The van der Waals surface area contributed by atoms with Crippen molar-refractivity contribution in [1.82, 2.24) is 5.32 Å². The number of hydrogen-bond acceptors (Lipinski definition) is 5. The number of hydrogen-bond donors (Lipinski definition) is 1. The van der Waals surface area contributed by atoms with Crippen molar-refractivity contribution in [1.29, 1.82) is 0 Å². The third-order valence-corrected chi connectivity index (χ3v) is 3.77. The van der Waals surface area contributed by atoms with Crippen LogP contribution in [-0.4, -0.2) is 24.7 Å². The number of esters is 2. The molecule has 0 aromatic heterocycles. The molecule has 2 aromatic rings. The van der Waals surface area contributed by atoms with Crippen LogP contribution < -0.4 is 10.1 Å². The summed E-state index contributed by atoms with van der Waals surface area (Å²) in [6.45, 7) is 0.851. The maximum atomic E-state index is 12.0. The van der Waals surface area contributed by atoms with Crippen LogP contribution in [0.2, 0.25) is 5.02 Å². The molecule has 0 aliphatic carbocycles. The van der Waals surface area contributed by atoms with Gasteiger partial charge < -0.3 is 14.8 Å². The summed E-state index contributed by atoms with van der Waals surface area (Å²) in [7, 11) is 0. The second-order valence-corrected chi connectivity index (χ2v) is 6.18. The standard InChI is InChI=1S/C19H17ClF3NO4/c20-15-5-1-14(2-6-15)12-27-16-7-3-13(4-8-16)11-24-10-9-17(25)28-18(26)19(21,22)23/h1-8,24H,9-12H2. The van der Waals surface area contributed by atoms with Gasteiger partial charge >= 0.3 is 18.1 Å². The molecule has 2 aromatic carbocycles. The molecule has 0 radical (unpaired) electrons. The van der Waals surface area contributed by atoms with E-state index in [1.807, 2.05) is 24.3 Å². The second kappa shape index (κ2) is 10.1. The minimum absolute atomic E-state index is 0.0682. The molecule has 1 N–H and O–H groups in total. The molecule has 5 nitrogen and oxygen atoms in total. The quantitative estimate of drug-likeness (QED) is 0.400. The lowest BCUT2D eigenvalue weighted by Gasteiger charge is -2.09. The molecule has 150 valence electrons. The number of nitrogens with one attached hydrogen (secondary N) is 1. The van der Waals surface area contributed by atoms with E-state index in [1.165, 1.54) is 0 Å². The summed E-state index contributed by atoms with van der Waals surface area (Å²) in [6, 6.07) is 14.5. The van der Waals surface area contributed by atoms with Crippen molar-refractivity contribution in [3.8, 4) is 5.75 Å². The fraction of sp³-hybridized carbons (Fsp3) is 0.263. The Morgan fingerprint density at radius 3 is 2.18 bits per heavy atom. The molecule has 0 aliphatic rings. The van der Waals surface area contributed by atoms with E-state index < -0.39 is 18.1 Å². The fourth-order valence-electron chi connectivity index (χ4n) is 2.09. The number of benzene rings is 2. The number of halogens is 4. The molecular formula is C19H17ClF3NO4. The molecule has 0 bridgehead atoms. The lowest BCUT2D eigenvalue weighted by molar-refractivity contribution is -0.201. The molecule has 0 unspecified atom stereocenters. The summed E-state index contributed by atoms with van der Waals surface area (Å²) in [5.41, 5.74) is 1.87. The van der Waals surface area contributed by atoms with Gasteiger partial charge in [0.15, 0.2) is 0 Å². The van der Waals surface area contributed by atoms with Gasteiger partial charge in [-0.25, -0.2) is 4.79 Å². The Morgan fingerprint density at radius 2 is 1.57 bits per heavy atom. The Balaban J connectivity index is 1.67. The molecule has 2 rings (SSSR count). The highest BCUT2D eigenvalue weighted by Crippen LogP contribution is 2.17. The lowest BCUT2D eigenvalue weighted by Crippen LogP contribution is -2.29. The minimum atomic E-state index is -5.18. The van der Waals surface area contributed by atoms with Crippen LogP contribution in [0.25, 0.3) is 0 Å². The van der Waals surface area contributed by atoms with Crippen molar-refractivity contribution >= 4 is 23.5 Å². The van der Waals surface area contributed by atoms with Crippen LogP contribution in [0.5, 0.6) is 5.75 Å². The zero-order chi connectivity index (χ0) is 20.6. The van der Waals surface area contributed by atoms with Crippen molar-refractivity contribution in [2.24, 2.45) is 0 Å². The van der Waals surface area contributed by atoms with Gasteiger partial charge in [0.1, 0.15) is 12.4 Å². The number of carbonyl (C=O) groups excluding carboxylic acids is 2. The third kappa shape index (κ3) is 7.58. The number of rotatable bonds is 8. The first-order chi connectivity index (χ1) is 13.2. The van der Waals surface area contributed by atoms with Gasteiger partial charge in [-0.2, -0.15) is 13.2 Å². The molecule has 0 amide bonds. The van der Waals surface area contributed by atoms with Gasteiger partial charge in [-0.15, -0.1) is 0 Å². The summed E-state index contributed by atoms with van der Waals surface area (Å²) in [6.07, 6.45) is -5.54. The van der Waals surface area contributed by atoms with E-state index in [0.717, 1.165) is 11.1 Å². The van der Waals surface area contributed by atoms with Crippen LogP contribution in [-0.2, 0) is 27.5 Å². The Bertz CT molecular complexity index is 792. The maximum absolute atomic E-state index is 12.0. The van der Waals surface area contributed by atoms with Crippen LogP contribution in [0.3, 0.4) is 0 Å². The second-order valence-electron chi connectivity index (χ2n) is 5.75. The van der Waals surface area contributed by atoms with Crippen molar-refractivity contribution < 1.29 is 32.2 Å². The van der Waals surface area contributed by atoms with Gasteiger partial charge in [-0.3, -0.25) is 4.79 Å². The highest BCUT2D eigenvalue weighted by molar-refractivity contribution is 6.30. The number of carbonyl (C=O) groups is 2. The maximum Gasteiger partial charge on any atom is 0.491 e. The van der Waals surface area contributed by atoms with E-state index in [0.29, 0.717) is 23.9 Å². The fourth-order valence-corrected chi connectivity index (χ4v) is 2.21. The first-order valence-corrected chi connectivity index (χ1v) is 8.60. The van der Waals surface area contributed by atoms with Crippen molar-refractivity contribution in [2.45, 2.75) is 25.7 Å². The molecule has 0 spiro atoms. The van der Waals surface area contributed by atoms with E-state index in [-0.39, 0.29) is 13.0 Å². The van der Waals surface area contributed by atoms with Gasteiger partial charge in [0.05, 0.1) is 6.42 Å². The molecule has 0 atom stereocenters. The topological polar surface area (TPSA) is 64.6 Å².